The van der Waals surface area contributed by atoms with E-state index in [0.29, 0.717) is 4.90 Å². The highest BCUT2D eigenvalue weighted by Gasteiger charge is 2.06. The number of quaternary nitrogens is 1. The summed E-state index contributed by atoms with van der Waals surface area (Å²) in [5.74, 6) is 36.1. The van der Waals surface area contributed by atoms with Gasteiger partial charge in [-0.25, -0.2) is 0 Å². The van der Waals surface area contributed by atoms with E-state index in [1.807, 2.05) is 31.2 Å². The molecule has 28 heavy (non-hydrogen) atoms. The van der Waals surface area contributed by atoms with Gasteiger partial charge in [0.1, 0.15) is 11.8 Å². The summed E-state index contributed by atoms with van der Waals surface area (Å²) in [5.41, 5.74) is 2.01. The van der Waals surface area contributed by atoms with E-state index in [0.717, 1.165) is 11.3 Å². The predicted octanol–water partition coefficient (Wildman–Crippen LogP) is 1.43. The van der Waals surface area contributed by atoms with Crippen LogP contribution in [0.5, 0.6) is 0 Å². The zero-order chi connectivity index (χ0) is 20.3. The zero-order valence-electron chi connectivity index (χ0n) is 15.1. The molecule has 0 unspecified atom stereocenters. The highest BCUT2D eigenvalue weighted by atomic mass is 15.1. The molecule has 1 nitrogen and oxygen atoms in total. The zero-order valence-corrected chi connectivity index (χ0v) is 15.1. The van der Waals surface area contributed by atoms with Crippen LogP contribution in [-0.2, 0) is 0 Å². The number of nitrogens with one attached hydrogen (secondary N) is 1. The van der Waals surface area contributed by atoms with Gasteiger partial charge in [-0.3, -0.25) is 0 Å². The van der Waals surface area contributed by atoms with Gasteiger partial charge in [0.15, 0.2) is 29.6 Å². The minimum atomic E-state index is 0.597. The summed E-state index contributed by atoms with van der Waals surface area (Å²) < 4.78 is 0. The minimum Gasteiger partial charge on any atom is -0.148 e. The van der Waals surface area contributed by atoms with Gasteiger partial charge in [-0.1, -0.05) is 17.7 Å². The summed E-state index contributed by atoms with van der Waals surface area (Å²) in [4.78, 5) is 0.597. The van der Waals surface area contributed by atoms with Gasteiger partial charge in [0, 0.05) is 59.5 Å². The van der Waals surface area contributed by atoms with Crippen molar-refractivity contribution in [2.24, 2.45) is 0 Å². The fourth-order valence-electron chi connectivity index (χ4n) is 1.49. The SMILES string of the molecule is [CH+]=CC#CC#CC#CC#C[NH+](C#CC#CC#CC#CC=[CH+])c1ccc(C)cc1. The third-order valence-electron chi connectivity index (χ3n) is 2.65. The van der Waals surface area contributed by atoms with E-state index in [1.54, 1.807) is 0 Å². The van der Waals surface area contributed by atoms with Crippen LogP contribution >= 0.6 is 0 Å². The molecular formula is C27H12N+3. The predicted molar refractivity (Wildman–Crippen MR) is 112 cm³/mol. The minimum absolute atomic E-state index is 0.597. The van der Waals surface area contributed by atoms with Crippen molar-refractivity contribution in [1.82, 2.24) is 0 Å². The molecule has 1 N–H and O–H groups in total. The highest BCUT2D eigenvalue weighted by molar-refractivity contribution is 5.42. The van der Waals surface area contributed by atoms with Crippen LogP contribution in [0.4, 0.5) is 5.69 Å². The quantitative estimate of drug-likeness (QED) is 0.577. The molecule has 122 valence electrons. The monoisotopic (exact) mass is 350 g/mol. The first-order valence-electron chi connectivity index (χ1n) is 7.82. The number of allylic oxidation sites excluding steroid dienone is 2. The Morgan fingerprint density at radius 2 is 1.00 bits per heavy atom. The molecule has 1 aromatic rings. The topological polar surface area (TPSA) is 4.44 Å². The molecule has 1 rings (SSSR count). The molecule has 0 spiro atoms. The second-order valence-electron chi connectivity index (χ2n) is 4.61. The lowest BCUT2D eigenvalue weighted by molar-refractivity contribution is -0.673. The Hall–Kier alpha value is -5.04. The van der Waals surface area contributed by atoms with Gasteiger partial charge in [-0.2, -0.15) is 0 Å². The maximum Gasteiger partial charge on any atom is 0.222 e. The molecule has 0 atom stereocenters. The normalized spacial score (nSPS) is 7.39. The third-order valence-corrected chi connectivity index (χ3v) is 2.65. The van der Waals surface area contributed by atoms with Crippen molar-refractivity contribution in [1.29, 1.82) is 0 Å². The molecule has 0 aromatic heterocycles. The smallest absolute Gasteiger partial charge is 0.148 e. The fraction of sp³-hybridized carbons (Fsp3) is 0.0370. The van der Waals surface area contributed by atoms with Crippen LogP contribution < -0.4 is 4.90 Å². The second-order valence-corrected chi connectivity index (χ2v) is 4.61. The lowest BCUT2D eigenvalue weighted by Crippen LogP contribution is -2.98. The van der Waals surface area contributed by atoms with Crippen molar-refractivity contribution in [3.8, 4) is 95.0 Å². The third kappa shape index (κ3) is 9.96. The number of hydrogen-bond acceptors (Lipinski definition) is 0. The van der Waals surface area contributed by atoms with Gasteiger partial charge in [0.2, 0.25) is 12.2 Å². The largest absolute Gasteiger partial charge is 0.222 e. The van der Waals surface area contributed by atoms with E-state index >= 15 is 0 Å². The summed E-state index contributed by atoms with van der Waals surface area (Å²) in [6.45, 7) is 12.2. The molecule has 0 heterocycles. The molecule has 0 amide bonds. The summed E-state index contributed by atoms with van der Waals surface area (Å²) in [7, 11) is 0. The molecule has 0 radical (unpaired) electrons. The fourth-order valence-corrected chi connectivity index (χ4v) is 1.49. The second kappa shape index (κ2) is 14.3. The average molecular weight is 350 g/mol. The van der Waals surface area contributed by atoms with Crippen LogP contribution in [0.25, 0.3) is 0 Å². The first-order chi connectivity index (χ1) is 13.8. The Morgan fingerprint density at radius 3 is 1.43 bits per heavy atom. The van der Waals surface area contributed by atoms with Crippen LogP contribution in [0.3, 0.4) is 0 Å². The molecule has 1 heteroatoms. The van der Waals surface area contributed by atoms with Crippen LogP contribution in [0.15, 0.2) is 36.4 Å². The van der Waals surface area contributed by atoms with Gasteiger partial charge in [-0.05, 0) is 6.92 Å². The van der Waals surface area contributed by atoms with E-state index in [4.69, 9.17) is 13.2 Å². The van der Waals surface area contributed by atoms with Crippen LogP contribution in [0.2, 0.25) is 0 Å². The Morgan fingerprint density at radius 1 is 0.607 bits per heavy atom. The molecule has 0 bridgehead atoms. The maximum absolute atomic E-state index is 5.11. The maximum atomic E-state index is 5.11. The van der Waals surface area contributed by atoms with E-state index in [2.05, 4.69) is 95.0 Å². The number of rotatable bonds is 1. The van der Waals surface area contributed by atoms with Crippen LogP contribution in [0, 0.1) is 115 Å². The van der Waals surface area contributed by atoms with Crippen molar-refractivity contribution in [3.05, 3.63) is 55.1 Å². The summed E-state index contributed by atoms with van der Waals surface area (Å²) in [6.07, 6.45) is 2.42. The Kier molecular flexibility index (Phi) is 10.7. The summed E-state index contributed by atoms with van der Waals surface area (Å²) in [6, 6.07) is 13.7. The summed E-state index contributed by atoms with van der Waals surface area (Å²) in [5, 5.41) is 0. The van der Waals surface area contributed by atoms with Gasteiger partial charge in [0.25, 0.3) is 0 Å². The highest BCUT2D eigenvalue weighted by Crippen LogP contribution is 2.02. The molecule has 0 aliphatic heterocycles. The lowest BCUT2D eigenvalue weighted by atomic mass is 10.2. The standard InChI is InChI=1S/C27H11N/c1-4-6-8-10-12-14-16-18-24-28(27-22-20-26(3)21-23-27)25-19-17-15-13-11-9-7-5-2/h1-2,4-5,20-23H,3H3/q+2/p+1. The molecule has 0 saturated carbocycles. The first-order valence-corrected chi connectivity index (χ1v) is 7.82. The van der Waals surface area contributed by atoms with Crippen molar-refractivity contribution in [2.45, 2.75) is 6.92 Å². The molecule has 1 aromatic carbocycles. The Labute approximate surface area is 167 Å². The van der Waals surface area contributed by atoms with E-state index in [1.165, 1.54) is 12.2 Å². The van der Waals surface area contributed by atoms with Crippen LogP contribution in [0.1, 0.15) is 5.56 Å². The lowest BCUT2D eigenvalue weighted by Gasteiger charge is -2.01. The van der Waals surface area contributed by atoms with Gasteiger partial charge < -0.3 is 0 Å². The van der Waals surface area contributed by atoms with Crippen molar-refractivity contribution < 1.29 is 4.90 Å². The Bertz CT molecular complexity index is 1150. The molecular weight excluding hydrogens is 338 g/mol. The molecule has 0 aliphatic rings. The van der Waals surface area contributed by atoms with E-state index in [9.17, 15) is 0 Å². The number of benzene rings is 1. The average Bonchev–Trinajstić information content (AvgIpc) is 2.71. The van der Waals surface area contributed by atoms with E-state index in [-0.39, 0.29) is 0 Å². The Balaban J connectivity index is 3.01. The summed E-state index contributed by atoms with van der Waals surface area (Å²) >= 11 is 0. The molecule has 0 saturated heterocycles. The van der Waals surface area contributed by atoms with Crippen molar-refractivity contribution in [3.63, 3.8) is 0 Å². The molecule has 0 aliphatic carbocycles. The van der Waals surface area contributed by atoms with E-state index < -0.39 is 0 Å². The van der Waals surface area contributed by atoms with Crippen molar-refractivity contribution in [2.75, 3.05) is 0 Å². The van der Waals surface area contributed by atoms with Gasteiger partial charge in [-0.15, -0.1) is 4.90 Å². The number of hydrogen-bond donors (Lipinski definition) is 1. The first kappa shape index (κ1) is 21.0. The van der Waals surface area contributed by atoms with Crippen molar-refractivity contribution >= 4 is 5.69 Å². The van der Waals surface area contributed by atoms with Crippen LogP contribution in [-0.4, -0.2) is 0 Å². The van der Waals surface area contributed by atoms with Gasteiger partial charge >= 0.3 is 0 Å². The number of aryl methyl sites for hydroxylation is 1. The van der Waals surface area contributed by atoms with Gasteiger partial charge in [0.05, 0.1) is 25.0 Å². The molecule has 0 fully saturated rings.